The lowest BCUT2D eigenvalue weighted by Gasteiger charge is -2.10. The predicted molar refractivity (Wildman–Crippen MR) is 69.5 cm³/mol. The first-order valence-corrected chi connectivity index (χ1v) is 6.27. The Hall–Kier alpha value is -1.22. The number of hydrogen-bond acceptors (Lipinski definition) is 2. The van der Waals surface area contributed by atoms with Crippen molar-refractivity contribution in [2.75, 3.05) is 13.2 Å². The van der Waals surface area contributed by atoms with Crippen LogP contribution in [0.15, 0.2) is 24.3 Å². The van der Waals surface area contributed by atoms with Gasteiger partial charge in [-0.2, -0.15) is 0 Å². The highest BCUT2D eigenvalue weighted by molar-refractivity contribution is 6.30. The van der Waals surface area contributed by atoms with Crippen LogP contribution in [0.4, 0.5) is 0 Å². The quantitative estimate of drug-likeness (QED) is 0.794. The molecular formula is C13H18ClNO2. The van der Waals surface area contributed by atoms with E-state index >= 15 is 0 Å². The van der Waals surface area contributed by atoms with Crippen molar-refractivity contribution in [1.29, 1.82) is 0 Å². The van der Waals surface area contributed by atoms with Crippen molar-refractivity contribution in [2.45, 2.75) is 25.6 Å². The molecule has 0 aliphatic heterocycles. The molecule has 0 spiro atoms. The largest absolute Gasteiger partial charge is 0.494 e. The molecule has 0 aliphatic rings. The van der Waals surface area contributed by atoms with Gasteiger partial charge in [0.15, 0.2) is 0 Å². The van der Waals surface area contributed by atoms with Crippen molar-refractivity contribution >= 4 is 17.5 Å². The zero-order chi connectivity index (χ0) is 12.7. The highest BCUT2D eigenvalue weighted by Crippen LogP contribution is 2.23. The number of hydrogen-bond donors (Lipinski definition) is 1. The summed E-state index contributed by atoms with van der Waals surface area (Å²) in [5.74, 6) is 0.631. The molecule has 94 valence electrons. The number of amides is 1. The molecular weight excluding hydrogens is 238 g/mol. The number of likely N-dealkylation sites (N-methyl/N-ethyl adjacent to an activating group) is 1. The summed E-state index contributed by atoms with van der Waals surface area (Å²) in [4.78, 5) is 11.5. The molecule has 17 heavy (non-hydrogen) atoms. The van der Waals surface area contributed by atoms with Gasteiger partial charge in [0.05, 0.1) is 6.61 Å². The van der Waals surface area contributed by atoms with Gasteiger partial charge in [-0.1, -0.05) is 19.1 Å². The molecule has 0 aliphatic carbocycles. The second-order valence-corrected chi connectivity index (χ2v) is 4.11. The smallest absolute Gasteiger partial charge is 0.242 e. The van der Waals surface area contributed by atoms with Crippen LogP contribution < -0.4 is 10.1 Å². The number of benzene rings is 1. The van der Waals surface area contributed by atoms with E-state index in [9.17, 15) is 4.79 Å². The normalized spacial score (nSPS) is 11.9. The lowest BCUT2D eigenvalue weighted by Crippen LogP contribution is -2.26. The molecule has 0 heterocycles. The highest BCUT2D eigenvalue weighted by atomic mass is 35.5. The fraction of sp³-hybridized carbons (Fsp3) is 0.462. The first kappa shape index (κ1) is 13.8. The molecule has 1 amide bonds. The number of alkyl halides is 1. The van der Waals surface area contributed by atoms with Crippen LogP contribution in [0.1, 0.15) is 31.2 Å². The van der Waals surface area contributed by atoms with E-state index in [0.29, 0.717) is 13.2 Å². The Morgan fingerprint density at radius 3 is 2.53 bits per heavy atom. The van der Waals surface area contributed by atoms with Crippen LogP contribution >= 0.6 is 11.6 Å². The fourth-order valence-corrected chi connectivity index (χ4v) is 1.59. The SMILES string of the molecule is CCCOc1ccc(C(Cl)C(=O)NCC)cc1. The number of rotatable bonds is 6. The maximum Gasteiger partial charge on any atom is 0.242 e. The minimum atomic E-state index is -0.643. The van der Waals surface area contributed by atoms with Crippen molar-refractivity contribution in [1.82, 2.24) is 5.32 Å². The van der Waals surface area contributed by atoms with E-state index in [1.807, 2.05) is 31.2 Å². The van der Waals surface area contributed by atoms with E-state index in [-0.39, 0.29) is 5.91 Å². The summed E-state index contributed by atoms with van der Waals surface area (Å²) < 4.78 is 5.45. The Morgan fingerprint density at radius 2 is 2.00 bits per heavy atom. The predicted octanol–water partition coefficient (Wildman–Crippen LogP) is 2.89. The Bertz CT molecular complexity index is 351. The van der Waals surface area contributed by atoms with Crippen LogP contribution in [-0.4, -0.2) is 19.1 Å². The lowest BCUT2D eigenvalue weighted by molar-refractivity contribution is -0.120. The Kier molecular flexibility index (Phi) is 5.84. The number of carbonyl (C=O) groups excluding carboxylic acids is 1. The van der Waals surface area contributed by atoms with E-state index in [1.165, 1.54) is 0 Å². The third kappa shape index (κ3) is 4.27. The van der Waals surface area contributed by atoms with Crippen molar-refractivity contribution in [2.24, 2.45) is 0 Å². The lowest BCUT2D eigenvalue weighted by atomic mass is 10.1. The second kappa shape index (κ2) is 7.17. The highest BCUT2D eigenvalue weighted by Gasteiger charge is 2.16. The third-order valence-electron chi connectivity index (χ3n) is 2.23. The average molecular weight is 256 g/mol. The summed E-state index contributed by atoms with van der Waals surface area (Å²) in [7, 11) is 0. The van der Waals surface area contributed by atoms with Crippen molar-refractivity contribution in [3.63, 3.8) is 0 Å². The molecule has 1 N–H and O–H groups in total. The molecule has 0 saturated heterocycles. The van der Waals surface area contributed by atoms with Gasteiger partial charge in [-0.3, -0.25) is 4.79 Å². The van der Waals surface area contributed by atoms with Gasteiger partial charge in [0.1, 0.15) is 11.1 Å². The number of ether oxygens (including phenoxy) is 1. The molecule has 0 bridgehead atoms. The Labute approximate surface area is 107 Å². The van der Waals surface area contributed by atoms with Gasteiger partial charge in [0, 0.05) is 6.54 Å². The molecule has 3 nitrogen and oxygen atoms in total. The zero-order valence-electron chi connectivity index (χ0n) is 10.2. The summed E-state index contributed by atoms with van der Waals surface area (Å²) in [5, 5.41) is 2.05. The van der Waals surface area contributed by atoms with Crippen molar-refractivity contribution < 1.29 is 9.53 Å². The van der Waals surface area contributed by atoms with Crippen molar-refractivity contribution in [3.8, 4) is 5.75 Å². The van der Waals surface area contributed by atoms with Gasteiger partial charge in [0.25, 0.3) is 0 Å². The van der Waals surface area contributed by atoms with Gasteiger partial charge in [-0.25, -0.2) is 0 Å². The molecule has 1 atom stereocenters. The zero-order valence-corrected chi connectivity index (χ0v) is 11.0. The number of halogens is 1. The maximum absolute atomic E-state index is 11.5. The molecule has 4 heteroatoms. The van der Waals surface area contributed by atoms with Crippen LogP contribution in [0.5, 0.6) is 5.75 Å². The molecule has 1 unspecified atom stereocenters. The van der Waals surface area contributed by atoms with Gasteiger partial charge in [-0.05, 0) is 31.0 Å². The Morgan fingerprint density at radius 1 is 1.35 bits per heavy atom. The molecule has 0 radical (unpaired) electrons. The first-order chi connectivity index (χ1) is 8.19. The van der Waals surface area contributed by atoms with Crippen LogP contribution in [0.2, 0.25) is 0 Å². The molecule has 1 rings (SSSR count). The van der Waals surface area contributed by atoms with E-state index < -0.39 is 5.38 Å². The summed E-state index contributed by atoms with van der Waals surface area (Å²) in [6, 6.07) is 7.30. The monoisotopic (exact) mass is 255 g/mol. The molecule has 0 fully saturated rings. The third-order valence-corrected chi connectivity index (χ3v) is 2.68. The molecule has 0 aromatic heterocycles. The van der Waals surface area contributed by atoms with E-state index in [2.05, 4.69) is 12.2 Å². The summed E-state index contributed by atoms with van der Waals surface area (Å²) >= 11 is 6.04. The van der Waals surface area contributed by atoms with E-state index in [1.54, 1.807) is 0 Å². The standard InChI is InChI=1S/C13H18ClNO2/c1-3-9-17-11-7-5-10(6-8-11)12(14)13(16)15-4-2/h5-8,12H,3-4,9H2,1-2H3,(H,15,16). The van der Waals surface area contributed by atoms with Gasteiger partial charge in [-0.15, -0.1) is 11.6 Å². The summed E-state index contributed by atoms with van der Waals surface area (Å²) in [5.41, 5.74) is 0.779. The minimum Gasteiger partial charge on any atom is -0.494 e. The minimum absolute atomic E-state index is 0.170. The molecule has 1 aromatic rings. The van der Waals surface area contributed by atoms with Crippen LogP contribution in [0.3, 0.4) is 0 Å². The van der Waals surface area contributed by atoms with E-state index in [4.69, 9.17) is 16.3 Å². The maximum atomic E-state index is 11.5. The van der Waals surface area contributed by atoms with Gasteiger partial charge < -0.3 is 10.1 Å². The average Bonchev–Trinajstić information content (AvgIpc) is 2.36. The molecule has 0 saturated carbocycles. The number of carbonyl (C=O) groups is 1. The van der Waals surface area contributed by atoms with Gasteiger partial charge >= 0.3 is 0 Å². The number of nitrogens with one attached hydrogen (secondary N) is 1. The topological polar surface area (TPSA) is 38.3 Å². The van der Waals surface area contributed by atoms with E-state index in [0.717, 1.165) is 17.7 Å². The van der Waals surface area contributed by atoms with Crippen molar-refractivity contribution in [3.05, 3.63) is 29.8 Å². The first-order valence-electron chi connectivity index (χ1n) is 5.83. The second-order valence-electron chi connectivity index (χ2n) is 3.67. The molecule has 1 aromatic carbocycles. The van der Waals surface area contributed by atoms with Crippen LogP contribution in [0.25, 0.3) is 0 Å². The Balaban J connectivity index is 2.63. The van der Waals surface area contributed by atoms with Gasteiger partial charge in [0.2, 0.25) is 5.91 Å². The van der Waals surface area contributed by atoms with Crippen LogP contribution in [0, 0.1) is 0 Å². The fourth-order valence-electron chi connectivity index (χ4n) is 1.37. The summed E-state index contributed by atoms with van der Waals surface area (Å²) in [6.07, 6.45) is 0.971. The van der Waals surface area contributed by atoms with Crippen LogP contribution in [-0.2, 0) is 4.79 Å². The summed E-state index contributed by atoms with van der Waals surface area (Å²) in [6.45, 7) is 5.20.